The van der Waals surface area contributed by atoms with Gasteiger partial charge in [0.25, 0.3) is 0 Å². The van der Waals surface area contributed by atoms with Crippen LogP contribution in [0.2, 0.25) is 23.7 Å². The van der Waals surface area contributed by atoms with Crippen LogP contribution in [0.25, 0.3) is 0 Å². The normalized spacial score (nSPS) is 16.6. The molecule has 0 aliphatic heterocycles. The van der Waals surface area contributed by atoms with E-state index in [0.717, 1.165) is 5.54 Å². The third kappa shape index (κ3) is 2.33. The molecule has 0 saturated carbocycles. The van der Waals surface area contributed by atoms with Gasteiger partial charge in [0.05, 0.1) is 8.07 Å². The molecule has 0 aromatic carbocycles. The summed E-state index contributed by atoms with van der Waals surface area (Å²) < 4.78 is 0. The van der Waals surface area contributed by atoms with Crippen molar-refractivity contribution in [2.24, 2.45) is 0 Å². The van der Waals surface area contributed by atoms with Gasteiger partial charge in [0, 0.05) is 0 Å². The highest BCUT2D eigenvalue weighted by Crippen LogP contribution is 2.44. The number of hydrogen-bond acceptors (Lipinski definition) is 0. The van der Waals surface area contributed by atoms with Gasteiger partial charge >= 0.3 is 0 Å². The standard InChI is InChI=1S/C10H24Si/c1-8-9(2)11(6,7)10(3,4)5/h9H,8H2,1-7H3. The van der Waals surface area contributed by atoms with Crippen molar-refractivity contribution in [3.05, 3.63) is 0 Å². The second-order valence-electron chi connectivity index (χ2n) is 5.28. The number of hydrogen-bond donors (Lipinski definition) is 0. The van der Waals surface area contributed by atoms with Crippen molar-refractivity contribution in [3.8, 4) is 0 Å². The Morgan fingerprint density at radius 2 is 1.55 bits per heavy atom. The molecule has 0 aromatic rings. The van der Waals surface area contributed by atoms with Crippen LogP contribution >= 0.6 is 0 Å². The van der Waals surface area contributed by atoms with Gasteiger partial charge in [-0.3, -0.25) is 0 Å². The zero-order valence-corrected chi connectivity index (χ0v) is 10.3. The SMILES string of the molecule is CCC(C)[Si](C)(C)C(C)(C)C. The zero-order valence-electron chi connectivity index (χ0n) is 9.28. The van der Waals surface area contributed by atoms with Gasteiger partial charge in [0.1, 0.15) is 0 Å². The molecule has 0 saturated heterocycles. The molecule has 0 radical (unpaired) electrons. The van der Waals surface area contributed by atoms with Gasteiger partial charge in [-0.15, -0.1) is 0 Å². The fourth-order valence-corrected chi connectivity index (χ4v) is 3.75. The third-order valence-electron chi connectivity index (χ3n) is 3.78. The summed E-state index contributed by atoms with van der Waals surface area (Å²) in [7, 11) is -1.01. The van der Waals surface area contributed by atoms with Crippen molar-refractivity contribution in [2.75, 3.05) is 0 Å². The topological polar surface area (TPSA) is 0 Å². The van der Waals surface area contributed by atoms with Crippen molar-refractivity contribution in [3.63, 3.8) is 0 Å². The maximum absolute atomic E-state index is 2.52. The van der Waals surface area contributed by atoms with Crippen LogP contribution in [0.4, 0.5) is 0 Å². The van der Waals surface area contributed by atoms with E-state index in [2.05, 4.69) is 47.7 Å². The molecule has 11 heavy (non-hydrogen) atoms. The highest BCUT2D eigenvalue weighted by atomic mass is 28.3. The summed E-state index contributed by atoms with van der Waals surface area (Å²) in [5.41, 5.74) is 0.947. The molecule has 0 aliphatic carbocycles. The highest BCUT2D eigenvalue weighted by molar-refractivity contribution is 6.81. The van der Waals surface area contributed by atoms with Gasteiger partial charge in [0.15, 0.2) is 0 Å². The van der Waals surface area contributed by atoms with Gasteiger partial charge in [-0.1, -0.05) is 54.1 Å². The van der Waals surface area contributed by atoms with Crippen molar-refractivity contribution in [1.82, 2.24) is 0 Å². The Balaban J connectivity index is 4.45. The van der Waals surface area contributed by atoms with Crippen molar-refractivity contribution >= 4 is 8.07 Å². The van der Waals surface area contributed by atoms with E-state index in [1.165, 1.54) is 6.42 Å². The van der Waals surface area contributed by atoms with Crippen LogP contribution in [-0.2, 0) is 0 Å². The molecule has 68 valence electrons. The molecule has 0 aliphatic rings. The van der Waals surface area contributed by atoms with Gasteiger partial charge in [-0.05, 0) is 10.6 Å². The summed E-state index contributed by atoms with van der Waals surface area (Å²) in [6.45, 7) is 16.9. The van der Waals surface area contributed by atoms with E-state index in [-0.39, 0.29) is 0 Å². The molecular formula is C10H24Si. The average Bonchev–Trinajstić information content (AvgIpc) is 1.83. The van der Waals surface area contributed by atoms with Crippen LogP contribution < -0.4 is 0 Å². The summed E-state index contributed by atoms with van der Waals surface area (Å²) in [5.74, 6) is 0. The number of rotatable bonds is 2. The van der Waals surface area contributed by atoms with E-state index < -0.39 is 8.07 Å². The first-order chi connectivity index (χ1) is 4.73. The summed E-state index contributed by atoms with van der Waals surface area (Å²) >= 11 is 0. The molecular weight excluding hydrogens is 148 g/mol. The summed E-state index contributed by atoms with van der Waals surface area (Å²) in [6, 6.07) is 0. The molecule has 0 heterocycles. The molecule has 0 spiro atoms. The lowest BCUT2D eigenvalue weighted by molar-refractivity contribution is 0.675. The van der Waals surface area contributed by atoms with Gasteiger partial charge < -0.3 is 0 Å². The van der Waals surface area contributed by atoms with E-state index in [9.17, 15) is 0 Å². The van der Waals surface area contributed by atoms with Crippen molar-refractivity contribution < 1.29 is 0 Å². The Morgan fingerprint density at radius 1 is 1.18 bits per heavy atom. The van der Waals surface area contributed by atoms with Crippen LogP contribution in [0.1, 0.15) is 41.0 Å². The predicted molar refractivity (Wildman–Crippen MR) is 56.9 cm³/mol. The second kappa shape index (κ2) is 3.30. The maximum atomic E-state index is 2.52. The minimum Gasteiger partial charge on any atom is -0.0688 e. The van der Waals surface area contributed by atoms with E-state index in [1.807, 2.05) is 0 Å². The Labute approximate surface area is 73.4 Å². The third-order valence-corrected chi connectivity index (χ3v) is 10.5. The van der Waals surface area contributed by atoms with Crippen LogP contribution in [0.3, 0.4) is 0 Å². The smallest absolute Gasteiger partial charge is 0.0556 e. The van der Waals surface area contributed by atoms with E-state index in [0.29, 0.717) is 5.04 Å². The van der Waals surface area contributed by atoms with Gasteiger partial charge in [-0.2, -0.15) is 0 Å². The molecule has 0 rings (SSSR count). The zero-order chi connectivity index (χ0) is 9.28. The van der Waals surface area contributed by atoms with E-state index in [1.54, 1.807) is 0 Å². The Hall–Kier alpha value is 0.217. The van der Waals surface area contributed by atoms with E-state index >= 15 is 0 Å². The first-order valence-corrected chi connectivity index (χ1v) is 7.81. The molecule has 0 N–H and O–H groups in total. The molecule has 1 heteroatoms. The van der Waals surface area contributed by atoms with Crippen LogP contribution in [0.15, 0.2) is 0 Å². The Bertz CT molecular complexity index is 119. The first-order valence-electron chi connectivity index (χ1n) is 4.73. The minimum atomic E-state index is -1.01. The van der Waals surface area contributed by atoms with E-state index in [4.69, 9.17) is 0 Å². The summed E-state index contributed by atoms with van der Waals surface area (Å²) in [6.07, 6.45) is 1.34. The average molecular weight is 172 g/mol. The van der Waals surface area contributed by atoms with Crippen LogP contribution in [-0.4, -0.2) is 8.07 Å². The monoisotopic (exact) mass is 172 g/mol. The quantitative estimate of drug-likeness (QED) is 0.545. The van der Waals surface area contributed by atoms with Crippen molar-refractivity contribution in [2.45, 2.75) is 64.7 Å². The highest BCUT2D eigenvalue weighted by Gasteiger charge is 2.38. The minimum absolute atomic E-state index is 0.558. The maximum Gasteiger partial charge on any atom is 0.0556 e. The van der Waals surface area contributed by atoms with Gasteiger partial charge in [-0.25, -0.2) is 0 Å². The fraction of sp³-hybridized carbons (Fsp3) is 1.00. The summed E-state index contributed by atoms with van der Waals surface area (Å²) in [4.78, 5) is 0. The van der Waals surface area contributed by atoms with Gasteiger partial charge in [0.2, 0.25) is 0 Å². The Kier molecular flexibility index (Phi) is 3.37. The van der Waals surface area contributed by atoms with Crippen LogP contribution in [0, 0.1) is 0 Å². The largest absolute Gasteiger partial charge is 0.0688 e. The lowest BCUT2D eigenvalue weighted by Gasteiger charge is -2.41. The lowest BCUT2D eigenvalue weighted by atomic mass is 10.2. The Morgan fingerprint density at radius 3 is 1.64 bits per heavy atom. The molecule has 0 amide bonds. The lowest BCUT2D eigenvalue weighted by Crippen LogP contribution is -2.40. The molecule has 1 atom stereocenters. The van der Waals surface area contributed by atoms with Crippen molar-refractivity contribution in [1.29, 1.82) is 0 Å². The second-order valence-corrected chi connectivity index (χ2v) is 11.2. The summed E-state index contributed by atoms with van der Waals surface area (Å²) in [5, 5.41) is 0.558. The van der Waals surface area contributed by atoms with Crippen LogP contribution in [0.5, 0.6) is 0 Å². The first kappa shape index (κ1) is 11.2. The molecule has 1 unspecified atom stereocenters. The molecule has 0 nitrogen and oxygen atoms in total. The molecule has 0 aromatic heterocycles. The molecule has 0 fully saturated rings. The molecule has 0 bridgehead atoms. The fourth-order valence-electron chi connectivity index (χ4n) is 1.25. The predicted octanol–water partition coefficient (Wildman–Crippen LogP) is 4.30.